The molecule has 1 heterocycles. The van der Waals surface area contributed by atoms with Crippen molar-refractivity contribution in [2.24, 2.45) is 11.7 Å². The standard InChI is InChI=1S/C14H20N2O3S.ClH/c15-9-13(10-3-4-10)16-20(17,18)12-5-6-14-11(8-12)2-1-7-19-14;/h5-6,8,10,13,16H,1-4,7,9,15H2;1H. The first-order valence-corrected chi connectivity index (χ1v) is 8.56. The topological polar surface area (TPSA) is 81.4 Å². The van der Waals surface area contributed by atoms with Crippen LogP contribution in [0, 0.1) is 5.92 Å². The molecule has 21 heavy (non-hydrogen) atoms. The minimum Gasteiger partial charge on any atom is -0.493 e. The highest BCUT2D eigenvalue weighted by Crippen LogP contribution is 2.33. The van der Waals surface area contributed by atoms with Gasteiger partial charge in [0.15, 0.2) is 0 Å². The zero-order valence-electron chi connectivity index (χ0n) is 11.7. The molecule has 118 valence electrons. The van der Waals surface area contributed by atoms with Crippen LogP contribution in [-0.2, 0) is 16.4 Å². The number of hydrogen-bond acceptors (Lipinski definition) is 4. The van der Waals surface area contributed by atoms with Crippen molar-refractivity contribution in [3.63, 3.8) is 0 Å². The first-order chi connectivity index (χ1) is 9.60. The molecule has 5 nitrogen and oxygen atoms in total. The van der Waals surface area contributed by atoms with Gasteiger partial charge >= 0.3 is 0 Å². The normalized spacial score (nSPS) is 19.1. The van der Waals surface area contributed by atoms with Gasteiger partial charge in [0, 0.05) is 12.6 Å². The second kappa shape index (κ2) is 6.52. The summed E-state index contributed by atoms with van der Waals surface area (Å²) in [7, 11) is -3.50. The maximum absolute atomic E-state index is 12.4. The van der Waals surface area contributed by atoms with E-state index in [-0.39, 0.29) is 18.4 Å². The molecule has 1 unspecified atom stereocenters. The molecule has 1 fully saturated rings. The van der Waals surface area contributed by atoms with Gasteiger partial charge in [-0.15, -0.1) is 12.4 Å². The minimum atomic E-state index is -3.50. The van der Waals surface area contributed by atoms with Crippen LogP contribution in [0.3, 0.4) is 0 Å². The average molecular weight is 333 g/mol. The largest absolute Gasteiger partial charge is 0.493 e. The SMILES string of the molecule is Cl.NCC(NS(=O)(=O)c1ccc2c(c1)CCCO2)C1CC1. The first-order valence-electron chi connectivity index (χ1n) is 7.08. The summed E-state index contributed by atoms with van der Waals surface area (Å²) in [6, 6.07) is 4.93. The Balaban J connectivity index is 0.00000161. The molecule has 1 saturated carbocycles. The lowest BCUT2D eigenvalue weighted by Crippen LogP contribution is -2.41. The summed E-state index contributed by atoms with van der Waals surface area (Å²) in [5.41, 5.74) is 6.63. The number of ether oxygens (including phenoxy) is 1. The molecular weight excluding hydrogens is 312 g/mol. The van der Waals surface area contributed by atoms with E-state index >= 15 is 0 Å². The Kier molecular flexibility index (Phi) is 5.14. The molecule has 1 aliphatic heterocycles. The van der Waals surface area contributed by atoms with Crippen molar-refractivity contribution >= 4 is 22.4 Å². The molecule has 0 amide bonds. The number of aryl methyl sites for hydroxylation is 1. The van der Waals surface area contributed by atoms with Gasteiger partial charge in [-0.25, -0.2) is 13.1 Å². The number of fused-ring (bicyclic) bond motifs is 1. The van der Waals surface area contributed by atoms with Crippen LogP contribution in [0.1, 0.15) is 24.8 Å². The summed E-state index contributed by atoms with van der Waals surface area (Å²) in [4.78, 5) is 0.306. The Labute approximate surface area is 131 Å². The van der Waals surface area contributed by atoms with E-state index < -0.39 is 10.0 Å². The van der Waals surface area contributed by atoms with Crippen LogP contribution in [0.4, 0.5) is 0 Å². The molecule has 1 aromatic carbocycles. The van der Waals surface area contributed by atoms with Crippen LogP contribution in [0.15, 0.2) is 23.1 Å². The van der Waals surface area contributed by atoms with Crippen LogP contribution in [0.5, 0.6) is 5.75 Å². The number of nitrogens with one attached hydrogen (secondary N) is 1. The van der Waals surface area contributed by atoms with Gasteiger partial charge in [0.2, 0.25) is 10.0 Å². The molecule has 1 atom stereocenters. The van der Waals surface area contributed by atoms with E-state index in [0.717, 1.165) is 37.0 Å². The molecule has 7 heteroatoms. The monoisotopic (exact) mass is 332 g/mol. The van der Waals surface area contributed by atoms with E-state index in [9.17, 15) is 8.42 Å². The number of benzene rings is 1. The van der Waals surface area contributed by atoms with Gasteiger partial charge in [0.05, 0.1) is 11.5 Å². The zero-order chi connectivity index (χ0) is 14.2. The van der Waals surface area contributed by atoms with E-state index in [1.807, 2.05) is 0 Å². The lowest BCUT2D eigenvalue weighted by atomic mass is 10.1. The van der Waals surface area contributed by atoms with Crippen LogP contribution >= 0.6 is 12.4 Å². The Bertz CT molecular complexity index is 602. The third kappa shape index (κ3) is 3.69. The number of rotatable bonds is 5. The first kappa shape index (κ1) is 16.5. The van der Waals surface area contributed by atoms with Crippen molar-refractivity contribution in [2.75, 3.05) is 13.2 Å². The molecule has 0 spiro atoms. The van der Waals surface area contributed by atoms with Gasteiger partial charge in [-0.3, -0.25) is 0 Å². The number of halogens is 1. The molecular formula is C14H21ClN2O3S. The highest BCUT2D eigenvalue weighted by molar-refractivity contribution is 7.89. The number of sulfonamides is 1. The minimum absolute atomic E-state index is 0. The van der Waals surface area contributed by atoms with Gasteiger partial charge in [0.1, 0.15) is 5.75 Å². The van der Waals surface area contributed by atoms with Crippen LogP contribution in [-0.4, -0.2) is 27.6 Å². The highest BCUT2D eigenvalue weighted by Gasteiger charge is 2.33. The summed E-state index contributed by atoms with van der Waals surface area (Å²) < 4.78 is 33.1. The lowest BCUT2D eigenvalue weighted by Gasteiger charge is -2.19. The van der Waals surface area contributed by atoms with Crippen molar-refractivity contribution in [1.82, 2.24) is 4.72 Å². The quantitative estimate of drug-likeness (QED) is 0.855. The van der Waals surface area contributed by atoms with Crippen molar-refractivity contribution in [3.05, 3.63) is 23.8 Å². The summed E-state index contributed by atoms with van der Waals surface area (Å²) >= 11 is 0. The van der Waals surface area contributed by atoms with Crippen molar-refractivity contribution in [1.29, 1.82) is 0 Å². The van der Waals surface area contributed by atoms with Crippen LogP contribution in [0.25, 0.3) is 0 Å². The van der Waals surface area contributed by atoms with E-state index in [2.05, 4.69) is 4.72 Å². The highest BCUT2D eigenvalue weighted by atomic mass is 35.5. The van der Waals surface area contributed by atoms with Gasteiger partial charge in [-0.1, -0.05) is 0 Å². The lowest BCUT2D eigenvalue weighted by molar-refractivity contribution is 0.288. The Morgan fingerprint density at radius 1 is 1.38 bits per heavy atom. The van der Waals surface area contributed by atoms with Crippen molar-refractivity contribution in [2.45, 2.75) is 36.6 Å². The number of hydrogen-bond donors (Lipinski definition) is 2. The Morgan fingerprint density at radius 3 is 2.81 bits per heavy atom. The zero-order valence-corrected chi connectivity index (χ0v) is 13.4. The summed E-state index contributed by atoms with van der Waals surface area (Å²) in [5.74, 6) is 1.20. The molecule has 1 aromatic rings. The van der Waals surface area contributed by atoms with Gasteiger partial charge < -0.3 is 10.5 Å². The molecule has 3 rings (SSSR count). The van der Waals surface area contributed by atoms with E-state index in [1.165, 1.54) is 0 Å². The molecule has 1 aliphatic carbocycles. The van der Waals surface area contributed by atoms with Crippen LogP contribution in [0.2, 0.25) is 0 Å². The second-order valence-electron chi connectivity index (χ2n) is 5.52. The predicted molar refractivity (Wildman–Crippen MR) is 83.4 cm³/mol. The fraction of sp³-hybridized carbons (Fsp3) is 0.571. The third-order valence-electron chi connectivity index (χ3n) is 3.94. The molecule has 0 bridgehead atoms. The number of nitrogens with two attached hydrogens (primary N) is 1. The maximum Gasteiger partial charge on any atom is 0.240 e. The maximum atomic E-state index is 12.4. The van der Waals surface area contributed by atoms with Crippen LogP contribution < -0.4 is 15.2 Å². The van der Waals surface area contributed by atoms with Gasteiger partial charge in [-0.05, 0) is 55.4 Å². The van der Waals surface area contributed by atoms with E-state index in [1.54, 1.807) is 18.2 Å². The smallest absolute Gasteiger partial charge is 0.240 e. The van der Waals surface area contributed by atoms with E-state index in [0.29, 0.717) is 24.0 Å². The summed E-state index contributed by atoms with van der Waals surface area (Å²) in [5, 5.41) is 0. The second-order valence-corrected chi connectivity index (χ2v) is 7.24. The Hall–Kier alpha value is -0.820. The molecule has 0 radical (unpaired) electrons. The molecule has 0 aromatic heterocycles. The summed E-state index contributed by atoms with van der Waals surface area (Å²) in [6.45, 7) is 1.05. The van der Waals surface area contributed by atoms with Gasteiger partial charge in [-0.2, -0.15) is 0 Å². The molecule has 2 aliphatic rings. The van der Waals surface area contributed by atoms with E-state index in [4.69, 9.17) is 10.5 Å². The van der Waals surface area contributed by atoms with Gasteiger partial charge in [0.25, 0.3) is 0 Å². The fourth-order valence-electron chi connectivity index (χ4n) is 2.61. The third-order valence-corrected chi connectivity index (χ3v) is 5.43. The molecule has 3 N–H and O–H groups in total. The van der Waals surface area contributed by atoms with Crippen molar-refractivity contribution < 1.29 is 13.2 Å². The average Bonchev–Trinajstić information content (AvgIpc) is 3.29. The Morgan fingerprint density at radius 2 is 2.14 bits per heavy atom. The fourth-order valence-corrected chi connectivity index (χ4v) is 3.97. The summed E-state index contributed by atoms with van der Waals surface area (Å²) in [6.07, 6.45) is 3.91. The van der Waals surface area contributed by atoms with Crippen molar-refractivity contribution in [3.8, 4) is 5.75 Å². The molecule has 0 saturated heterocycles. The predicted octanol–water partition coefficient (Wildman–Crippen LogP) is 1.45.